The Morgan fingerprint density at radius 3 is 2.75 bits per heavy atom. The Hall–Kier alpha value is -0.770. The standard InChI is InChI=1S/C16H25ClN2O/c1-3-15(4-2)19(7-6-18)11-13-10-14(17)9-12-5-8-20-16(12)13/h9-10,15H,3-8,11,18H2,1-2H3. The topological polar surface area (TPSA) is 38.5 Å². The van der Waals surface area contributed by atoms with Crippen LogP contribution in [0.4, 0.5) is 0 Å². The van der Waals surface area contributed by atoms with E-state index in [-0.39, 0.29) is 0 Å². The van der Waals surface area contributed by atoms with Crippen molar-refractivity contribution in [1.82, 2.24) is 4.90 Å². The van der Waals surface area contributed by atoms with Crippen LogP contribution in [-0.4, -0.2) is 30.6 Å². The van der Waals surface area contributed by atoms with Crippen molar-refractivity contribution in [1.29, 1.82) is 0 Å². The van der Waals surface area contributed by atoms with E-state index in [4.69, 9.17) is 22.1 Å². The zero-order valence-electron chi connectivity index (χ0n) is 12.5. The maximum Gasteiger partial charge on any atom is 0.127 e. The molecule has 1 aliphatic heterocycles. The van der Waals surface area contributed by atoms with Crippen molar-refractivity contribution in [2.24, 2.45) is 5.73 Å². The van der Waals surface area contributed by atoms with Crippen molar-refractivity contribution in [3.63, 3.8) is 0 Å². The number of hydrogen-bond acceptors (Lipinski definition) is 3. The van der Waals surface area contributed by atoms with E-state index in [0.717, 1.165) is 49.7 Å². The summed E-state index contributed by atoms with van der Waals surface area (Å²) in [7, 11) is 0. The van der Waals surface area contributed by atoms with Crippen LogP contribution in [0, 0.1) is 0 Å². The molecule has 0 atom stereocenters. The third-order valence-corrected chi connectivity index (χ3v) is 4.29. The van der Waals surface area contributed by atoms with Gasteiger partial charge in [0.05, 0.1) is 6.61 Å². The fraction of sp³-hybridized carbons (Fsp3) is 0.625. The van der Waals surface area contributed by atoms with Crippen LogP contribution >= 0.6 is 11.6 Å². The molecule has 0 unspecified atom stereocenters. The molecule has 1 heterocycles. The normalized spacial score (nSPS) is 13.9. The summed E-state index contributed by atoms with van der Waals surface area (Å²) in [5.41, 5.74) is 8.21. The van der Waals surface area contributed by atoms with E-state index in [1.54, 1.807) is 0 Å². The van der Waals surface area contributed by atoms with Gasteiger partial charge in [0.2, 0.25) is 0 Å². The minimum atomic E-state index is 0.564. The van der Waals surface area contributed by atoms with Crippen LogP contribution in [0.1, 0.15) is 37.8 Å². The number of halogens is 1. The van der Waals surface area contributed by atoms with Crippen LogP contribution in [0.25, 0.3) is 0 Å². The summed E-state index contributed by atoms with van der Waals surface area (Å²) in [5, 5.41) is 0.807. The predicted molar refractivity (Wildman–Crippen MR) is 84.5 cm³/mol. The maximum atomic E-state index is 6.24. The Labute approximate surface area is 127 Å². The minimum Gasteiger partial charge on any atom is -0.493 e. The molecule has 112 valence electrons. The third kappa shape index (κ3) is 3.46. The van der Waals surface area contributed by atoms with Gasteiger partial charge in [-0.05, 0) is 30.5 Å². The van der Waals surface area contributed by atoms with Gasteiger partial charge in [-0.3, -0.25) is 4.90 Å². The first-order valence-electron chi connectivity index (χ1n) is 7.57. The lowest BCUT2D eigenvalue weighted by Gasteiger charge is -2.30. The van der Waals surface area contributed by atoms with E-state index >= 15 is 0 Å². The summed E-state index contributed by atoms with van der Waals surface area (Å²) in [4.78, 5) is 2.45. The Morgan fingerprint density at radius 1 is 1.35 bits per heavy atom. The summed E-state index contributed by atoms with van der Waals surface area (Å²) in [6.07, 6.45) is 3.24. The zero-order chi connectivity index (χ0) is 14.5. The summed E-state index contributed by atoms with van der Waals surface area (Å²) in [5.74, 6) is 1.04. The second kappa shape index (κ2) is 7.30. The van der Waals surface area contributed by atoms with E-state index in [1.165, 1.54) is 11.1 Å². The van der Waals surface area contributed by atoms with Gasteiger partial charge in [0.15, 0.2) is 0 Å². The molecule has 0 bridgehead atoms. The van der Waals surface area contributed by atoms with Crippen molar-refractivity contribution in [3.8, 4) is 5.75 Å². The molecule has 0 saturated carbocycles. The molecule has 0 spiro atoms. The lowest BCUT2D eigenvalue weighted by atomic mass is 10.1. The molecular weight excluding hydrogens is 272 g/mol. The number of nitrogens with zero attached hydrogens (tertiary/aromatic N) is 1. The van der Waals surface area contributed by atoms with E-state index in [2.05, 4.69) is 18.7 Å². The van der Waals surface area contributed by atoms with E-state index < -0.39 is 0 Å². The number of nitrogens with two attached hydrogens (primary N) is 1. The van der Waals surface area contributed by atoms with Crippen LogP contribution < -0.4 is 10.5 Å². The second-order valence-corrected chi connectivity index (χ2v) is 5.82. The Balaban J connectivity index is 2.22. The van der Waals surface area contributed by atoms with Crippen LogP contribution in [0.5, 0.6) is 5.75 Å². The van der Waals surface area contributed by atoms with Gasteiger partial charge < -0.3 is 10.5 Å². The molecule has 1 aromatic rings. The van der Waals surface area contributed by atoms with Crippen molar-refractivity contribution < 1.29 is 4.74 Å². The summed E-state index contributed by atoms with van der Waals surface area (Å²) < 4.78 is 5.79. The third-order valence-electron chi connectivity index (χ3n) is 4.07. The fourth-order valence-corrected chi connectivity index (χ4v) is 3.31. The van der Waals surface area contributed by atoms with Gasteiger partial charge in [0.1, 0.15) is 5.75 Å². The highest BCUT2D eigenvalue weighted by atomic mass is 35.5. The first kappa shape index (κ1) is 15.6. The molecule has 0 aromatic heterocycles. The SMILES string of the molecule is CCC(CC)N(CCN)Cc1cc(Cl)cc2c1OCC2. The molecule has 1 aromatic carbocycles. The van der Waals surface area contributed by atoms with E-state index in [0.29, 0.717) is 12.6 Å². The summed E-state index contributed by atoms with van der Waals surface area (Å²) in [6, 6.07) is 4.63. The molecule has 4 heteroatoms. The summed E-state index contributed by atoms with van der Waals surface area (Å²) >= 11 is 6.24. The number of rotatable bonds is 7. The molecule has 1 aliphatic rings. The zero-order valence-corrected chi connectivity index (χ0v) is 13.2. The Kier molecular flexibility index (Phi) is 5.70. The number of benzene rings is 1. The van der Waals surface area contributed by atoms with Crippen molar-refractivity contribution >= 4 is 11.6 Å². The molecule has 2 N–H and O–H groups in total. The van der Waals surface area contributed by atoms with Crippen molar-refractivity contribution in [2.75, 3.05) is 19.7 Å². The molecule has 3 nitrogen and oxygen atoms in total. The van der Waals surface area contributed by atoms with Crippen LogP contribution in [0.3, 0.4) is 0 Å². The average Bonchev–Trinajstić information content (AvgIpc) is 2.88. The highest BCUT2D eigenvalue weighted by molar-refractivity contribution is 6.30. The first-order valence-corrected chi connectivity index (χ1v) is 7.95. The molecular formula is C16H25ClN2O. The van der Waals surface area contributed by atoms with Gasteiger partial charge in [0, 0.05) is 42.7 Å². The molecule has 0 fully saturated rings. The molecule has 0 saturated heterocycles. The van der Waals surface area contributed by atoms with Gasteiger partial charge in [-0.1, -0.05) is 25.4 Å². The number of hydrogen-bond donors (Lipinski definition) is 1. The Morgan fingerprint density at radius 2 is 2.10 bits per heavy atom. The van der Waals surface area contributed by atoms with Crippen LogP contribution in [0.2, 0.25) is 5.02 Å². The van der Waals surface area contributed by atoms with Gasteiger partial charge in [0.25, 0.3) is 0 Å². The monoisotopic (exact) mass is 296 g/mol. The Bertz CT molecular complexity index is 446. The second-order valence-electron chi connectivity index (χ2n) is 5.38. The van der Waals surface area contributed by atoms with Crippen LogP contribution in [-0.2, 0) is 13.0 Å². The number of fused-ring (bicyclic) bond motifs is 1. The van der Waals surface area contributed by atoms with Gasteiger partial charge in [-0.2, -0.15) is 0 Å². The minimum absolute atomic E-state index is 0.564. The quantitative estimate of drug-likeness (QED) is 0.839. The number of ether oxygens (including phenoxy) is 1. The summed E-state index contributed by atoms with van der Waals surface area (Å²) in [6.45, 7) is 7.69. The lowest BCUT2D eigenvalue weighted by molar-refractivity contribution is 0.180. The van der Waals surface area contributed by atoms with Crippen molar-refractivity contribution in [3.05, 3.63) is 28.3 Å². The highest BCUT2D eigenvalue weighted by Crippen LogP contribution is 2.34. The first-order chi connectivity index (χ1) is 9.69. The van der Waals surface area contributed by atoms with E-state index in [9.17, 15) is 0 Å². The molecule has 20 heavy (non-hydrogen) atoms. The van der Waals surface area contributed by atoms with Crippen molar-refractivity contribution in [2.45, 2.75) is 45.7 Å². The molecule has 0 amide bonds. The van der Waals surface area contributed by atoms with Gasteiger partial charge >= 0.3 is 0 Å². The van der Waals surface area contributed by atoms with Crippen LogP contribution in [0.15, 0.2) is 12.1 Å². The molecule has 2 rings (SSSR count). The maximum absolute atomic E-state index is 6.24. The van der Waals surface area contributed by atoms with Gasteiger partial charge in [-0.15, -0.1) is 0 Å². The largest absolute Gasteiger partial charge is 0.493 e. The lowest BCUT2D eigenvalue weighted by Crippen LogP contribution is -2.37. The predicted octanol–water partition coefficient (Wildman–Crippen LogP) is 3.22. The van der Waals surface area contributed by atoms with Gasteiger partial charge in [-0.25, -0.2) is 0 Å². The van der Waals surface area contributed by atoms with E-state index in [1.807, 2.05) is 12.1 Å². The smallest absolute Gasteiger partial charge is 0.127 e. The molecule has 0 radical (unpaired) electrons. The highest BCUT2D eigenvalue weighted by Gasteiger charge is 2.21. The average molecular weight is 297 g/mol. The fourth-order valence-electron chi connectivity index (χ4n) is 3.04. The molecule has 0 aliphatic carbocycles.